The van der Waals surface area contributed by atoms with Crippen molar-refractivity contribution in [2.24, 2.45) is 0 Å². The molecular weight excluding hydrogens is 282 g/mol. The second-order valence-corrected chi connectivity index (χ2v) is 5.60. The molecule has 0 bridgehead atoms. The molecule has 0 aliphatic carbocycles. The van der Waals surface area contributed by atoms with E-state index in [2.05, 4.69) is 5.10 Å². The van der Waals surface area contributed by atoms with Crippen LogP contribution < -0.4 is 9.47 Å². The second-order valence-electron chi connectivity index (χ2n) is 5.60. The summed E-state index contributed by atoms with van der Waals surface area (Å²) in [5.74, 6) is 1.38. The minimum atomic E-state index is 0.0372. The molecule has 0 unspecified atom stereocenters. The summed E-state index contributed by atoms with van der Waals surface area (Å²) in [6.07, 6.45) is 5.77. The lowest BCUT2D eigenvalue weighted by Gasteiger charge is -2.33. The van der Waals surface area contributed by atoms with E-state index in [9.17, 15) is 4.79 Å². The standard InChI is InChI=1S/C16H17N3O3/c20-16(12-4-5-14-15(9-12)22-11-21-14)18-7-1-3-13(10-18)19-8-2-6-17-19/h2,4-6,8-9,13H,1,3,7,10-11H2/t13-/m0/s1. The molecule has 0 spiro atoms. The second kappa shape index (κ2) is 5.36. The summed E-state index contributed by atoms with van der Waals surface area (Å²) in [4.78, 5) is 14.6. The minimum absolute atomic E-state index is 0.0372. The van der Waals surface area contributed by atoms with Crippen LogP contribution in [0.2, 0.25) is 0 Å². The van der Waals surface area contributed by atoms with Gasteiger partial charge in [0.2, 0.25) is 6.79 Å². The zero-order chi connectivity index (χ0) is 14.9. The number of benzene rings is 1. The molecule has 2 aliphatic rings. The van der Waals surface area contributed by atoms with E-state index in [1.165, 1.54) is 0 Å². The number of piperidine rings is 1. The van der Waals surface area contributed by atoms with Gasteiger partial charge in [-0.2, -0.15) is 5.10 Å². The van der Waals surface area contributed by atoms with Crippen molar-refractivity contribution >= 4 is 5.91 Å². The normalized spacial score (nSPS) is 20.2. The molecule has 2 aliphatic heterocycles. The fourth-order valence-electron chi connectivity index (χ4n) is 3.06. The maximum Gasteiger partial charge on any atom is 0.254 e. The number of amides is 1. The Bertz CT molecular complexity index is 684. The predicted octanol–water partition coefficient (Wildman–Crippen LogP) is 2.09. The first-order chi connectivity index (χ1) is 10.8. The topological polar surface area (TPSA) is 56.6 Å². The molecular formula is C16H17N3O3. The zero-order valence-corrected chi connectivity index (χ0v) is 12.1. The summed E-state index contributed by atoms with van der Waals surface area (Å²) in [5, 5.41) is 4.30. The van der Waals surface area contributed by atoms with Crippen LogP contribution in [-0.4, -0.2) is 40.5 Å². The third-order valence-electron chi connectivity index (χ3n) is 4.20. The van der Waals surface area contributed by atoms with Gasteiger partial charge < -0.3 is 14.4 Å². The van der Waals surface area contributed by atoms with E-state index in [-0.39, 0.29) is 18.7 Å². The van der Waals surface area contributed by atoms with E-state index >= 15 is 0 Å². The largest absolute Gasteiger partial charge is 0.454 e. The van der Waals surface area contributed by atoms with Crippen LogP contribution in [0, 0.1) is 0 Å². The van der Waals surface area contributed by atoms with Gasteiger partial charge in [-0.05, 0) is 37.1 Å². The van der Waals surface area contributed by atoms with Crippen molar-refractivity contribution in [2.75, 3.05) is 19.9 Å². The van der Waals surface area contributed by atoms with Crippen molar-refractivity contribution in [1.82, 2.24) is 14.7 Å². The van der Waals surface area contributed by atoms with Crippen LogP contribution in [0.4, 0.5) is 0 Å². The molecule has 0 radical (unpaired) electrons. The number of likely N-dealkylation sites (tertiary alicyclic amines) is 1. The van der Waals surface area contributed by atoms with E-state index in [1.54, 1.807) is 24.4 Å². The van der Waals surface area contributed by atoms with E-state index in [0.29, 0.717) is 23.6 Å². The van der Waals surface area contributed by atoms with Crippen LogP contribution in [-0.2, 0) is 0 Å². The van der Waals surface area contributed by atoms with Crippen LogP contribution in [0.15, 0.2) is 36.7 Å². The summed E-state index contributed by atoms with van der Waals surface area (Å²) in [6.45, 7) is 1.69. The number of hydrogen-bond donors (Lipinski definition) is 0. The van der Waals surface area contributed by atoms with Crippen molar-refractivity contribution in [3.63, 3.8) is 0 Å². The first-order valence-electron chi connectivity index (χ1n) is 7.49. The predicted molar refractivity (Wildman–Crippen MR) is 79.0 cm³/mol. The summed E-state index contributed by atoms with van der Waals surface area (Å²) in [7, 11) is 0. The SMILES string of the molecule is O=C(c1ccc2c(c1)OCO2)N1CCC[C@H](n2cccn2)C1. The summed E-state index contributed by atoms with van der Waals surface area (Å²) < 4.78 is 12.6. The van der Waals surface area contributed by atoms with Crippen molar-refractivity contribution in [3.8, 4) is 11.5 Å². The highest BCUT2D eigenvalue weighted by atomic mass is 16.7. The lowest BCUT2D eigenvalue weighted by atomic mass is 10.0. The summed E-state index contributed by atoms with van der Waals surface area (Å²) >= 11 is 0. The zero-order valence-electron chi connectivity index (χ0n) is 12.1. The molecule has 3 heterocycles. The number of nitrogens with zero attached hydrogens (tertiary/aromatic N) is 3. The number of ether oxygens (including phenoxy) is 2. The Kier molecular flexibility index (Phi) is 3.21. The van der Waals surface area contributed by atoms with Crippen molar-refractivity contribution < 1.29 is 14.3 Å². The molecule has 1 fully saturated rings. The van der Waals surface area contributed by atoms with E-state index in [0.717, 1.165) is 19.4 Å². The van der Waals surface area contributed by atoms with Crippen molar-refractivity contribution in [3.05, 3.63) is 42.2 Å². The van der Waals surface area contributed by atoms with Crippen LogP contribution in [0.25, 0.3) is 0 Å². The molecule has 1 saturated heterocycles. The fourth-order valence-corrected chi connectivity index (χ4v) is 3.06. The third kappa shape index (κ3) is 2.30. The van der Waals surface area contributed by atoms with Crippen LogP contribution in [0.1, 0.15) is 29.2 Å². The highest BCUT2D eigenvalue weighted by Gasteiger charge is 2.26. The Hall–Kier alpha value is -2.50. The maximum atomic E-state index is 12.7. The molecule has 1 aromatic carbocycles. The molecule has 22 heavy (non-hydrogen) atoms. The van der Waals surface area contributed by atoms with Gasteiger partial charge >= 0.3 is 0 Å². The molecule has 0 saturated carbocycles. The monoisotopic (exact) mass is 299 g/mol. The maximum absolute atomic E-state index is 12.7. The number of hydrogen-bond acceptors (Lipinski definition) is 4. The molecule has 0 N–H and O–H groups in total. The molecule has 4 rings (SSSR count). The van der Waals surface area contributed by atoms with Gasteiger partial charge in [0.25, 0.3) is 5.91 Å². The number of aromatic nitrogens is 2. The molecule has 2 aromatic rings. The molecule has 1 amide bonds. The lowest BCUT2D eigenvalue weighted by molar-refractivity contribution is 0.0672. The van der Waals surface area contributed by atoms with Crippen molar-refractivity contribution in [1.29, 1.82) is 0 Å². The number of fused-ring (bicyclic) bond motifs is 1. The van der Waals surface area contributed by atoms with Gasteiger partial charge in [0, 0.05) is 31.0 Å². The Morgan fingerprint density at radius 1 is 1.27 bits per heavy atom. The Balaban J connectivity index is 1.52. The summed E-state index contributed by atoms with van der Waals surface area (Å²) in [6, 6.07) is 7.53. The fraction of sp³-hybridized carbons (Fsp3) is 0.375. The van der Waals surface area contributed by atoms with E-state index in [1.807, 2.05) is 21.8 Å². The average molecular weight is 299 g/mol. The van der Waals surface area contributed by atoms with Crippen LogP contribution in [0.5, 0.6) is 11.5 Å². The number of rotatable bonds is 2. The molecule has 1 atom stereocenters. The van der Waals surface area contributed by atoms with Gasteiger partial charge in [0.15, 0.2) is 11.5 Å². The highest BCUT2D eigenvalue weighted by Crippen LogP contribution is 2.33. The van der Waals surface area contributed by atoms with Gasteiger partial charge in [-0.3, -0.25) is 9.48 Å². The number of carbonyl (C=O) groups excluding carboxylic acids is 1. The molecule has 1 aromatic heterocycles. The first-order valence-corrected chi connectivity index (χ1v) is 7.49. The summed E-state index contributed by atoms with van der Waals surface area (Å²) in [5.41, 5.74) is 0.644. The van der Waals surface area contributed by atoms with E-state index in [4.69, 9.17) is 9.47 Å². The smallest absolute Gasteiger partial charge is 0.254 e. The Morgan fingerprint density at radius 2 is 2.18 bits per heavy atom. The van der Waals surface area contributed by atoms with Gasteiger partial charge in [-0.1, -0.05) is 0 Å². The Labute approximate surface area is 128 Å². The van der Waals surface area contributed by atoms with Crippen molar-refractivity contribution in [2.45, 2.75) is 18.9 Å². The molecule has 6 heteroatoms. The Morgan fingerprint density at radius 3 is 3.05 bits per heavy atom. The van der Waals surface area contributed by atoms with Gasteiger partial charge in [-0.25, -0.2) is 0 Å². The number of carbonyl (C=O) groups is 1. The van der Waals surface area contributed by atoms with Gasteiger partial charge in [0.05, 0.1) is 6.04 Å². The van der Waals surface area contributed by atoms with Gasteiger partial charge in [0.1, 0.15) is 0 Å². The quantitative estimate of drug-likeness (QED) is 0.852. The van der Waals surface area contributed by atoms with Gasteiger partial charge in [-0.15, -0.1) is 0 Å². The van der Waals surface area contributed by atoms with E-state index < -0.39 is 0 Å². The first kappa shape index (κ1) is 13.2. The lowest BCUT2D eigenvalue weighted by Crippen LogP contribution is -2.40. The third-order valence-corrected chi connectivity index (χ3v) is 4.20. The van der Waals surface area contributed by atoms with Crippen LogP contribution >= 0.6 is 0 Å². The average Bonchev–Trinajstić information content (AvgIpc) is 3.25. The highest BCUT2D eigenvalue weighted by molar-refractivity contribution is 5.95. The van der Waals surface area contributed by atoms with Crippen LogP contribution in [0.3, 0.4) is 0 Å². The minimum Gasteiger partial charge on any atom is -0.454 e. The molecule has 114 valence electrons. The molecule has 6 nitrogen and oxygen atoms in total.